The van der Waals surface area contributed by atoms with E-state index in [0.29, 0.717) is 22.9 Å². The molecule has 1 aromatic rings. The summed E-state index contributed by atoms with van der Waals surface area (Å²) in [5, 5.41) is 14.5. The van der Waals surface area contributed by atoms with Crippen LogP contribution in [0.5, 0.6) is 0 Å². The third kappa shape index (κ3) is 3.50. The molecule has 1 N–H and O–H groups in total. The van der Waals surface area contributed by atoms with Gasteiger partial charge in [0.15, 0.2) is 0 Å². The Morgan fingerprint density at radius 2 is 2.05 bits per heavy atom. The number of anilines is 1. The predicted octanol–water partition coefficient (Wildman–Crippen LogP) is 4.53. The van der Waals surface area contributed by atoms with Crippen LogP contribution in [0.4, 0.5) is 11.4 Å². The van der Waals surface area contributed by atoms with Crippen molar-refractivity contribution < 1.29 is 4.92 Å². The lowest BCUT2D eigenvalue weighted by Crippen LogP contribution is -2.35. The van der Waals surface area contributed by atoms with Crippen LogP contribution in [-0.2, 0) is 0 Å². The Bertz CT molecular complexity index is 511. The summed E-state index contributed by atoms with van der Waals surface area (Å²) in [6, 6.07) is 5.81. The van der Waals surface area contributed by atoms with Crippen LogP contribution in [0.1, 0.15) is 45.6 Å². The molecular weight excluding hydrogens is 252 g/mol. The topological polar surface area (TPSA) is 55.2 Å². The van der Waals surface area contributed by atoms with Crippen LogP contribution in [0.3, 0.4) is 0 Å². The highest BCUT2D eigenvalue weighted by Crippen LogP contribution is 2.39. The molecule has 1 aliphatic carbocycles. The third-order valence-corrected chi connectivity index (χ3v) is 4.16. The van der Waals surface area contributed by atoms with Gasteiger partial charge in [-0.25, -0.2) is 0 Å². The van der Waals surface area contributed by atoms with Gasteiger partial charge in [0.1, 0.15) is 0 Å². The SMILES string of the molecule is Cc1ccc(NC2CC(C)CC(C)(C)C2)cc1[N+](=O)[O-]. The summed E-state index contributed by atoms with van der Waals surface area (Å²) in [5.41, 5.74) is 2.10. The normalized spacial score (nSPS) is 25.2. The summed E-state index contributed by atoms with van der Waals surface area (Å²) >= 11 is 0. The largest absolute Gasteiger partial charge is 0.382 e. The molecule has 1 aliphatic rings. The number of nitrogens with zero attached hydrogens (tertiary/aromatic N) is 1. The number of hydrogen-bond acceptors (Lipinski definition) is 3. The lowest BCUT2D eigenvalue weighted by atomic mass is 9.70. The van der Waals surface area contributed by atoms with Crippen LogP contribution >= 0.6 is 0 Å². The molecule has 0 saturated heterocycles. The maximum Gasteiger partial charge on any atom is 0.274 e. The first-order chi connectivity index (χ1) is 9.27. The van der Waals surface area contributed by atoms with E-state index in [-0.39, 0.29) is 10.6 Å². The number of nitro groups is 1. The molecule has 2 rings (SSSR count). The third-order valence-electron chi connectivity index (χ3n) is 4.16. The van der Waals surface area contributed by atoms with Crippen molar-refractivity contribution in [1.29, 1.82) is 0 Å². The number of nitro benzene ring substituents is 1. The molecule has 0 spiro atoms. The molecule has 1 aromatic carbocycles. The van der Waals surface area contributed by atoms with Crippen molar-refractivity contribution in [1.82, 2.24) is 0 Å². The smallest absolute Gasteiger partial charge is 0.274 e. The zero-order valence-corrected chi connectivity index (χ0v) is 12.8. The highest BCUT2D eigenvalue weighted by atomic mass is 16.6. The van der Waals surface area contributed by atoms with Crippen LogP contribution in [0, 0.1) is 28.4 Å². The van der Waals surface area contributed by atoms with Gasteiger partial charge in [-0.1, -0.05) is 26.8 Å². The molecule has 4 heteroatoms. The summed E-state index contributed by atoms with van der Waals surface area (Å²) in [7, 11) is 0. The van der Waals surface area contributed by atoms with Gasteiger partial charge in [0.2, 0.25) is 0 Å². The van der Waals surface area contributed by atoms with Gasteiger partial charge in [0, 0.05) is 23.4 Å². The number of aryl methyl sites for hydroxylation is 1. The van der Waals surface area contributed by atoms with E-state index in [1.54, 1.807) is 13.0 Å². The number of hydrogen-bond donors (Lipinski definition) is 1. The Hall–Kier alpha value is -1.58. The zero-order valence-electron chi connectivity index (χ0n) is 12.8. The van der Waals surface area contributed by atoms with Crippen molar-refractivity contribution in [3.05, 3.63) is 33.9 Å². The quantitative estimate of drug-likeness (QED) is 0.652. The van der Waals surface area contributed by atoms with E-state index in [2.05, 4.69) is 26.1 Å². The van der Waals surface area contributed by atoms with Gasteiger partial charge in [0.25, 0.3) is 5.69 Å². The Morgan fingerprint density at radius 1 is 1.35 bits per heavy atom. The zero-order chi connectivity index (χ0) is 14.9. The number of benzene rings is 1. The standard InChI is InChI=1S/C16H24N2O2/c1-11-7-14(10-16(3,4)9-11)17-13-6-5-12(2)15(8-13)18(19)20/h5-6,8,11,14,17H,7,9-10H2,1-4H3. The predicted molar refractivity (Wildman–Crippen MR) is 82.0 cm³/mol. The van der Waals surface area contributed by atoms with Crippen molar-refractivity contribution in [2.24, 2.45) is 11.3 Å². The van der Waals surface area contributed by atoms with Gasteiger partial charge in [0.05, 0.1) is 4.92 Å². The second-order valence-electron chi connectivity index (χ2n) is 7.01. The molecule has 0 amide bonds. The first-order valence-corrected chi connectivity index (χ1v) is 7.28. The van der Waals surface area contributed by atoms with Gasteiger partial charge in [-0.15, -0.1) is 0 Å². The molecule has 1 fully saturated rings. The van der Waals surface area contributed by atoms with E-state index in [9.17, 15) is 10.1 Å². The monoisotopic (exact) mass is 276 g/mol. The first kappa shape index (κ1) is 14.8. The second-order valence-corrected chi connectivity index (χ2v) is 7.01. The Kier molecular flexibility index (Phi) is 4.02. The molecular formula is C16H24N2O2. The molecule has 1 saturated carbocycles. The fraction of sp³-hybridized carbons (Fsp3) is 0.625. The van der Waals surface area contributed by atoms with Crippen molar-refractivity contribution in [3.8, 4) is 0 Å². The molecule has 0 bridgehead atoms. The maximum absolute atomic E-state index is 11.0. The average molecular weight is 276 g/mol. The van der Waals surface area contributed by atoms with Gasteiger partial charge in [-0.2, -0.15) is 0 Å². The molecule has 4 nitrogen and oxygen atoms in total. The van der Waals surface area contributed by atoms with Crippen LogP contribution in [-0.4, -0.2) is 11.0 Å². The summed E-state index contributed by atoms with van der Waals surface area (Å²) in [4.78, 5) is 10.7. The lowest BCUT2D eigenvalue weighted by Gasteiger charge is -2.39. The Labute approximate surface area is 120 Å². The molecule has 0 aromatic heterocycles. The molecule has 0 radical (unpaired) electrons. The maximum atomic E-state index is 11.0. The molecule has 0 heterocycles. The van der Waals surface area contributed by atoms with E-state index >= 15 is 0 Å². The van der Waals surface area contributed by atoms with Gasteiger partial charge >= 0.3 is 0 Å². The van der Waals surface area contributed by atoms with Crippen LogP contribution in [0.2, 0.25) is 0 Å². The van der Waals surface area contributed by atoms with Gasteiger partial charge in [-0.3, -0.25) is 10.1 Å². The van der Waals surface area contributed by atoms with E-state index in [1.807, 2.05) is 12.1 Å². The highest BCUT2D eigenvalue weighted by molar-refractivity contribution is 5.55. The first-order valence-electron chi connectivity index (χ1n) is 7.28. The summed E-state index contributed by atoms with van der Waals surface area (Å²) in [6.45, 7) is 8.66. The van der Waals surface area contributed by atoms with E-state index in [4.69, 9.17) is 0 Å². The Balaban J connectivity index is 2.14. The minimum Gasteiger partial charge on any atom is -0.382 e. The van der Waals surface area contributed by atoms with Crippen LogP contribution in [0.15, 0.2) is 18.2 Å². The average Bonchev–Trinajstić information content (AvgIpc) is 2.28. The van der Waals surface area contributed by atoms with Gasteiger partial charge in [-0.05, 0) is 43.6 Å². The van der Waals surface area contributed by atoms with Crippen molar-refractivity contribution in [2.45, 2.75) is 53.0 Å². The molecule has 20 heavy (non-hydrogen) atoms. The highest BCUT2D eigenvalue weighted by Gasteiger charge is 2.32. The summed E-state index contributed by atoms with van der Waals surface area (Å²) in [6.07, 6.45) is 3.49. The lowest BCUT2D eigenvalue weighted by molar-refractivity contribution is -0.385. The summed E-state index contributed by atoms with van der Waals surface area (Å²) in [5.74, 6) is 0.691. The number of nitrogens with one attached hydrogen (secondary N) is 1. The van der Waals surface area contributed by atoms with Gasteiger partial charge < -0.3 is 5.32 Å². The second kappa shape index (κ2) is 5.43. The van der Waals surface area contributed by atoms with E-state index in [1.165, 1.54) is 6.42 Å². The van der Waals surface area contributed by atoms with Crippen molar-refractivity contribution >= 4 is 11.4 Å². The molecule has 0 aliphatic heterocycles. The van der Waals surface area contributed by atoms with Crippen molar-refractivity contribution in [3.63, 3.8) is 0 Å². The fourth-order valence-electron chi connectivity index (χ4n) is 3.59. The van der Waals surface area contributed by atoms with E-state index < -0.39 is 0 Å². The minimum absolute atomic E-state index is 0.193. The molecule has 2 atom stereocenters. The number of rotatable bonds is 3. The van der Waals surface area contributed by atoms with E-state index in [0.717, 1.165) is 18.5 Å². The van der Waals surface area contributed by atoms with Crippen LogP contribution in [0.25, 0.3) is 0 Å². The minimum atomic E-state index is -0.312. The summed E-state index contributed by atoms with van der Waals surface area (Å²) < 4.78 is 0. The van der Waals surface area contributed by atoms with Crippen LogP contribution < -0.4 is 5.32 Å². The Morgan fingerprint density at radius 3 is 2.65 bits per heavy atom. The molecule has 110 valence electrons. The fourth-order valence-corrected chi connectivity index (χ4v) is 3.59. The van der Waals surface area contributed by atoms with Crippen molar-refractivity contribution in [2.75, 3.05) is 5.32 Å². The molecule has 2 unspecified atom stereocenters.